The van der Waals surface area contributed by atoms with Gasteiger partial charge in [-0.25, -0.2) is 4.98 Å². The predicted octanol–water partition coefficient (Wildman–Crippen LogP) is 3.19. The fourth-order valence-electron chi connectivity index (χ4n) is 4.80. The van der Waals surface area contributed by atoms with Crippen molar-refractivity contribution in [3.05, 3.63) is 41.0 Å². The standard InChI is InChI=1S/C28H35N5O4S2/c1-16(18-6-8-19(9-7-18)22-17(2)30-15-39-22)31-24(35)21-12-20(34)13-33(21)25(36)23(27(3,4)38-5)32-26(37)28(14-29)10-11-28/h6-9,15-16,20-21,23,34H,10-13H2,1-5H3,(H,31,35)(H,32,37)/t16-,20+,21?,23+/m0/s1. The van der Waals surface area contributed by atoms with Crippen LogP contribution in [-0.2, 0) is 14.4 Å². The number of aryl methyl sites for hydroxylation is 1. The van der Waals surface area contributed by atoms with E-state index in [2.05, 4.69) is 21.7 Å². The number of rotatable bonds is 9. The number of aliphatic hydroxyl groups excluding tert-OH is 1. The van der Waals surface area contributed by atoms with Gasteiger partial charge in [0.15, 0.2) is 0 Å². The van der Waals surface area contributed by atoms with Gasteiger partial charge in [0.1, 0.15) is 17.5 Å². The molecule has 2 aromatic rings. The van der Waals surface area contributed by atoms with Crippen molar-refractivity contribution in [2.45, 2.75) is 75.9 Å². The molecular weight excluding hydrogens is 534 g/mol. The number of hydrogen-bond donors (Lipinski definition) is 3. The van der Waals surface area contributed by atoms with Crippen LogP contribution in [0.1, 0.15) is 57.3 Å². The zero-order valence-corrected chi connectivity index (χ0v) is 24.5. The average Bonchev–Trinajstić information content (AvgIpc) is 3.45. The third-order valence-electron chi connectivity index (χ3n) is 7.78. The van der Waals surface area contributed by atoms with Crippen LogP contribution in [0.2, 0.25) is 0 Å². The van der Waals surface area contributed by atoms with Gasteiger partial charge in [-0.3, -0.25) is 14.4 Å². The molecule has 4 atom stereocenters. The quantitative estimate of drug-likeness (QED) is 0.422. The van der Waals surface area contributed by atoms with Crippen LogP contribution in [-0.4, -0.2) is 68.4 Å². The van der Waals surface area contributed by atoms with E-state index in [0.29, 0.717) is 12.8 Å². The van der Waals surface area contributed by atoms with Gasteiger partial charge in [0.05, 0.1) is 34.3 Å². The molecule has 208 valence electrons. The molecule has 3 amide bonds. The number of carbonyl (C=O) groups excluding carboxylic acids is 3. The molecule has 0 radical (unpaired) electrons. The van der Waals surface area contributed by atoms with E-state index < -0.39 is 40.2 Å². The first-order chi connectivity index (χ1) is 18.4. The summed E-state index contributed by atoms with van der Waals surface area (Å²) >= 11 is 2.99. The van der Waals surface area contributed by atoms with Crippen LogP contribution in [0.15, 0.2) is 29.8 Å². The summed E-state index contributed by atoms with van der Waals surface area (Å²) in [6.45, 7) is 7.52. The van der Waals surface area contributed by atoms with Crippen LogP contribution in [0.25, 0.3) is 10.4 Å². The van der Waals surface area contributed by atoms with Crippen LogP contribution in [0.3, 0.4) is 0 Å². The molecule has 1 aromatic carbocycles. The third kappa shape index (κ3) is 5.98. The topological polar surface area (TPSA) is 135 Å². The zero-order chi connectivity index (χ0) is 28.5. The lowest BCUT2D eigenvalue weighted by atomic mass is 9.98. The minimum absolute atomic E-state index is 0.00553. The third-order valence-corrected chi connectivity index (χ3v) is 10.0. The highest BCUT2D eigenvalue weighted by Crippen LogP contribution is 2.45. The Labute approximate surface area is 237 Å². The maximum absolute atomic E-state index is 13.8. The van der Waals surface area contributed by atoms with Gasteiger partial charge in [0.2, 0.25) is 17.7 Å². The summed E-state index contributed by atoms with van der Waals surface area (Å²) in [4.78, 5) is 46.9. The average molecular weight is 570 g/mol. The minimum Gasteiger partial charge on any atom is -0.391 e. The first kappa shape index (κ1) is 29.1. The Kier molecular flexibility index (Phi) is 8.40. The van der Waals surface area contributed by atoms with Gasteiger partial charge in [-0.1, -0.05) is 24.3 Å². The van der Waals surface area contributed by atoms with E-state index in [4.69, 9.17) is 0 Å². The van der Waals surface area contributed by atoms with Crippen LogP contribution < -0.4 is 10.6 Å². The Hall–Kier alpha value is -2.94. The summed E-state index contributed by atoms with van der Waals surface area (Å²) in [6, 6.07) is 7.82. The number of benzene rings is 1. The van der Waals surface area contributed by atoms with Gasteiger partial charge in [0, 0.05) is 17.7 Å². The monoisotopic (exact) mass is 569 g/mol. The van der Waals surface area contributed by atoms with Crippen molar-refractivity contribution in [2.75, 3.05) is 12.8 Å². The molecule has 9 nitrogen and oxygen atoms in total. The van der Waals surface area contributed by atoms with E-state index in [1.165, 1.54) is 16.7 Å². The summed E-state index contributed by atoms with van der Waals surface area (Å²) in [6.07, 6.45) is 2.02. The van der Waals surface area contributed by atoms with Crippen LogP contribution >= 0.6 is 23.1 Å². The Morgan fingerprint density at radius 2 is 1.92 bits per heavy atom. The van der Waals surface area contributed by atoms with E-state index in [1.807, 2.05) is 63.7 Å². The Morgan fingerprint density at radius 3 is 2.46 bits per heavy atom. The molecule has 2 fully saturated rings. The fourth-order valence-corrected chi connectivity index (χ4v) is 6.01. The molecule has 11 heteroatoms. The molecule has 0 bridgehead atoms. The molecule has 1 saturated heterocycles. The molecule has 1 aliphatic heterocycles. The Balaban J connectivity index is 1.48. The van der Waals surface area contributed by atoms with E-state index in [-0.39, 0.29) is 24.9 Å². The minimum atomic E-state index is -1.09. The first-order valence-electron chi connectivity index (χ1n) is 13.0. The van der Waals surface area contributed by atoms with Gasteiger partial charge in [-0.05, 0) is 57.9 Å². The summed E-state index contributed by atoms with van der Waals surface area (Å²) in [5, 5.41) is 25.7. The van der Waals surface area contributed by atoms with Gasteiger partial charge in [0.25, 0.3) is 0 Å². The smallest absolute Gasteiger partial charge is 0.247 e. The van der Waals surface area contributed by atoms with Crippen molar-refractivity contribution in [2.24, 2.45) is 5.41 Å². The number of amides is 3. The molecule has 0 spiro atoms. The van der Waals surface area contributed by atoms with Crippen LogP contribution in [0.5, 0.6) is 0 Å². The predicted molar refractivity (Wildman–Crippen MR) is 152 cm³/mol. The van der Waals surface area contributed by atoms with Crippen molar-refractivity contribution >= 4 is 40.8 Å². The number of nitrogens with zero attached hydrogens (tertiary/aromatic N) is 3. The number of carbonyl (C=O) groups is 3. The highest BCUT2D eigenvalue weighted by atomic mass is 32.2. The van der Waals surface area contributed by atoms with Gasteiger partial charge in [-0.2, -0.15) is 17.0 Å². The molecular formula is C28H35N5O4S2. The molecule has 3 N–H and O–H groups in total. The number of thiazole rings is 1. The van der Waals surface area contributed by atoms with Crippen molar-refractivity contribution in [1.82, 2.24) is 20.5 Å². The van der Waals surface area contributed by atoms with Crippen molar-refractivity contribution in [1.29, 1.82) is 5.26 Å². The zero-order valence-electron chi connectivity index (χ0n) is 22.9. The number of nitrogens with one attached hydrogen (secondary N) is 2. The summed E-state index contributed by atoms with van der Waals surface area (Å²) in [5.74, 6) is -1.26. The second-order valence-corrected chi connectivity index (χ2v) is 13.2. The highest BCUT2D eigenvalue weighted by molar-refractivity contribution is 8.00. The maximum Gasteiger partial charge on any atom is 0.247 e. The van der Waals surface area contributed by atoms with Gasteiger partial charge in [-0.15, -0.1) is 11.3 Å². The number of aromatic nitrogens is 1. The largest absolute Gasteiger partial charge is 0.391 e. The number of nitriles is 1. The van der Waals surface area contributed by atoms with E-state index in [9.17, 15) is 24.8 Å². The molecule has 2 aliphatic rings. The first-order valence-corrected chi connectivity index (χ1v) is 15.1. The number of aliphatic hydroxyl groups is 1. The lowest BCUT2D eigenvalue weighted by molar-refractivity contribution is -0.142. The fraction of sp³-hybridized carbons (Fsp3) is 0.536. The van der Waals surface area contributed by atoms with E-state index >= 15 is 0 Å². The summed E-state index contributed by atoms with van der Waals surface area (Å²) in [5.41, 5.74) is 3.66. The molecule has 1 saturated carbocycles. The number of hydrogen-bond acceptors (Lipinski definition) is 8. The summed E-state index contributed by atoms with van der Waals surface area (Å²) < 4.78 is -0.710. The van der Waals surface area contributed by atoms with E-state index in [1.54, 1.807) is 11.3 Å². The number of β-amino-alcohol motifs (C(OH)–C–C–N with tert-alkyl or cyclic N) is 1. The molecule has 4 rings (SSSR count). The molecule has 1 aliphatic carbocycles. The molecule has 1 unspecified atom stereocenters. The van der Waals surface area contributed by atoms with Crippen LogP contribution in [0.4, 0.5) is 0 Å². The Bertz CT molecular complexity index is 1280. The van der Waals surface area contributed by atoms with Crippen molar-refractivity contribution in [3.63, 3.8) is 0 Å². The second kappa shape index (κ2) is 11.3. The van der Waals surface area contributed by atoms with E-state index in [0.717, 1.165) is 21.7 Å². The Morgan fingerprint density at radius 1 is 1.26 bits per heavy atom. The molecule has 1 aromatic heterocycles. The second-order valence-electron chi connectivity index (χ2n) is 10.9. The van der Waals surface area contributed by atoms with Crippen molar-refractivity contribution < 1.29 is 19.5 Å². The van der Waals surface area contributed by atoms with Crippen LogP contribution in [0, 0.1) is 23.7 Å². The molecule has 2 heterocycles. The molecule has 39 heavy (non-hydrogen) atoms. The number of likely N-dealkylation sites (tertiary alicyclic amines) is 1. The summed E-state index contributed by atoms with van der Waals surface area (Å²) in [7, 11) is 0. The highest BCUT2D eigenvalue weighted by Gasteiger charge is 2.53. The maximum atomic E-state index is 13.8. The number of thioether (sulfide) groups is 1. The lowest BCUT2D eigenvalue weighted by Gasteiger charge is -2.37. The van der Waals surface area contributed by atoms with Gasteiger partial charge >= 0.3 is 0 Å². The SMILES string of the molecule is CSC(C)(C)[C@H](NC(=O)C1(C#N)CC1)C(=O)N1C[C@H](O)CC1C(=O)N[C@@H](C)c1ccc(-c2scnc2C)cc1. The van der Waals surface area contributed by atoms with Crippen molar-refractivity contribution in [3.8, 4) is 16.5 Å². The lowest BCUT2D eigenvalue weighted by Crippen LogP contribution is -2.60. The van der Waals surface area contributed by atoms with Gasteiger partial charge < -0.3 is 20.6 Å². The normalized spacial score (nSPS) is 21.5.